The summed E-state index contributed by atoms with van der Waals surface area (Å²) < 4.78 is 0. The second kappa shape index (κ2) is 7.99. The van der Waals surface area contributed by atoms with Crippen LogP contribution in [0.25, 0.3) is 0 Å². The van der Waals surface area contributed by atoms with Crippen LogP contribution < -0.4 is 0 Å². The minimum absolute atomic E-state index is 0.136. The van der Waals surface area contributed by atoms with Crippen molar-refractivity contribution in [1.82, 2.24) is 0 Å². The molecule has 0 aromatic heterocycles. The number of aliphatic hydroxyl groups excluding tert-OH is 1. The predicted molar refractivity (Wildman–Crippen MR) is 124 cm³/mol. The largest absolute Gasteiger partial charge is 0.391 e. The normalized spacial score (nSPS) is 50.7. The summed E-state index contributed by atoms with van der Waals surface area (Å²) in [5, 5.41) is 11.3. The SMILES string of the molecule is CC(C)CCC[C@@H](C)[C@H]1CC[C@H]2[C@@H]3C[C@@H](O)[C@@]4(Cl)CCCC[C@]4(C)[C@H]3CC[C@]12C. The molecule has 29 heavy (non-hydrogen) atoms. The molecular weight excluding hydrogens is 376 g/mol. The van der Waals surface area contributed by atoms with Gasteiger partial charge in [-0.25, -0.2) is 0 Å². The molecular formula is C27H47ClO. The Morgan fingerprint density at radius 3 is 2.38 bits per heavy atom. The van der Waals surface area contributed by atoms with Crippen molar-refractivity contribution in [2.45, 2.75) is 123 Å². The predicted octanol–water partition coefficient (Wildman–Crippen LogP) is 7.83. The Kier molecular flexibility index (Phi) is 6.18. The van der Waals surface area contributed by atoms with Crippen molar-refractivity contribution < 1.29 is 5.11 Å². The van der Waals surface area contributed by atoms with E-state index in [4.69, 9.17) is 11.6 Å². The number of rotatable bonds is 5. The third kappa shape index (κ3) is 3.44. The molecule has 4 saturated carbocycles. The number of hydrogen-bond donors (Lipinski definition) is 1. The molecule has 0 heterocycles. The summed E-state index contributed by atoms with van der Waals surface area (Å²) in [6.07, 6.45) is 15.2. The van der Waals surface area contributed by atoms with Gasteiger partial charge >= 0.3 is 0 Å². The number of halogens is 1. The molecule has 4 aliphatic carbocycles. The minimum atomic E-state index is -0.359. The lowest BCUT2D eigenvalue weighted by atomic mass is 9.43. The first-order chi connectivity index (χ1) is 13.6. The van der Waals surface area contributed by atoms with E-state index < -0.39 is 0 Å². The lowest BCUT2D eigenvalue weighted by molar-refractivity contribution is -0.146. The maximum atomic E-state index is 11.3. The van der Waals surface area contributed by atoms with Crippen LogP contribution in [0.4, 0.5) is 0 Å². The Balaban J connectivity index is 1.53. The molecule has 9 atom stereocenters. The van der Waals surface area contributed by atoms with E-state index in [1.165, 1.54) is 64.2 Å². The van der Waals surface area contributed by atoms with E-state index >= 15 is 0 Å². The first-order valence-electron chi connectivity index (χ1n) is 13.0. The second-order valence-electron chi connectivity index (χ2n) is 12.6. The Labute approximate surface area is 185 Å². The van der Waals surface area contributed by atoms with Crippen molar-refractivity contribution in [2.24, 2.45) is 46.3 Å². The van der Waals surface area contributed by atoms with Gasteiger partial charge in [0.05, 0.1) is 11.0 Å². The van der Waals surface area contributed by atoms with Crippen LogP contribution >= 0.6 is 11.6 Å². The highest BCUT2D eigenvalue weighted by Gasteiger charge is 2.66. The molecule has 4 aliphatic rings. The van der Waals surface area contributed by atoms with Gasteiger partial charge in [-0.05, 0) is 91.3 Å². The van der Waals surface area contributed by atoms with E-state index in [1.54, 1.807) is 0 Å². The molecule has 0 spiro atoms. The molecule has 0 aliphatic heterocycles. The molecule has 0 bridgehead atoms. The highest BCUT2D eigenvalue weighted by atomic mass is 35.5. The zero-order valence-corrected chi connectivity index (χ0v) is 20.6. The fourth-order valence-corrected chi connectivity index (χ4v) is 9.74. The third-order valence-electron chi connectivity index (χ3n) is 10.9. The van der Waals surface area contributed by atoms with E-state index in [9.17, 15) is 5.11 Å². The first-order valence-corrected chi connectivity index (χ1v) is 13.4. The molecule has 4 fully saturated rings. The van der Waals surface area contributed by atoms with Crippen LogP contribution in [0.5, 0.6) is 0 Å². The number of aliphatic hydroxyl groups is 1. The summed E-state index contributed by atoms with van der Waals surface area (Å²) in [5.41, 5.74) is 0.632. The molecule has 0 aromatic rings. The van der Waals surface area contributed by atoms with E-state index in [0.717, 1.165) is 42.4 Å². The van der Waals surface area contributed by atoms with Crippen LogP contribution in [0.3, 0.4) is 0 Å². The molecule has 0 saturated heterocycles. The lowest BCUT2D eigenvalue weighted by Crippen LogP contribution is -2.64. The summed E-state index contributed by atoms with van der Waals surface area (Å²) in [6, 6.07) is 0. The van der Waals surface area contributed by atoms with Crippen LogP contribution in [-0.4, -0.2) is 16.1 Å². The van der Waals surface area contributed by atoms with Gasteiger partial charge in [0.1, 0.15) is 0 Å². The Morgan fingerprint density at radius 2 is 1.66 bits per heavy atom. The van der Waals surface area contributed by atoms with Gasteiger partial charge in [-0.3, -0.25) is 0 Å². The average molecular weight is 423 g/mol. The van der Waals surface area contributed by atoms with E-state index in [2.05, 4.69) is 34.6 Å². The highest BCUT2D eigenvalue weighted by Crippen LogP contribution is 2.70. The number of hydrogen-bond acceptors (Lipinski definition) is 1. The van der Waals surface area contributed by atoms with Gasteiger partial charge in [-0.15, -0.1) is 11.6 Å². The van der Waals surface area contributed by atoms with Gasteiger partial charge in [0.15, 0.2) is 0 Å². The van der Waals surface area contributed by atoms with E-state index in [0.29, 0.717) is 11.3 Å². The lowest BCUT2D eigenvalue weighted by Gasteiger charge is -2.65. The van der Waals surface area contributed by atoms with E-state index in [1.807, 2.05) is 0 Å². The summed E-state index contributed by atoms with van der Waals surface area (Å²) in [6.45, 7) is 12.4. The van der Waals surface area contributed by atoms with Crippen LogP contribution in [0.1, 0.15) is 112 Å². The molecule has 0 amide bonds. The zero-order chi connectivity index (χ0) is 21.0. The van der Waals surface area contributed by atoms with Gasteiger partial charge in [-0.1, -0.05) is 66.7 Å². The summed E-state index contributed by atoms with van der Waals surface area (Å²) in [4.78, 5) is -0.359. The molecule has 168 valence electrons. The minimum Gasteiger partial charge on any atom is -0.391 e. The molecule has 2 heteroatoms. The van der Waals surface area contributed by atoms with Crippen molar-refractivity contribution in [3.8, 4) is 0 Å². The highest BCUT2D eigenvalue weighted by molar-refractivity contribution is 6.25. The van der Waals surface area contributed by atoms with Gasteiger partial charge in [0.25, 0.3) is 0 Å². The third-order valence-corrected chi connectivity index (χ3v) is 11.8. The van der Waals surface area contributed by atoms with Crippen molar-refractivity contribution in [3.63, 3.8) is 0 Å². The molecule has 1 N–H and O–H groups in total. The molecule has 1 nitrogen and oxygen atoms in total. The first kappa shape index (κ1) is 22.4. The number of fused-ring (bicyclic) bond motifs is 5. The zero-order valence-electron chi connectivity index (χ0n) is 19.9. The summed E-state index contributed by atoms with van der Waals surface area (Å²) in [7, 11) is 0. The Hall–Kier alpha value is 0.250. The molecule has 0 unspecified atom stereocenters. The van der Waals surface area contributed by atoms with Gasteiger partial charge in [0.2, 0.25) is 0 Å². The monoisotopic (exact) mass is 422 g/mol. The van der Waals surface area contributed by atoms with Crippen molar-refractivity contribution in [1.29, 1.82) is 0 Å². The van der Waals surface area contributed by atoms with Crippen LogP contribution in [0, 0.1) is 46.3 Å². The topological polar surface area (TPSA) is 20.2 Å². The van der Waals surface area contributed by atoms with Crippen molar-refractivity contribution in [3.05, 3.63) is 0 Å². The maximum Gasteiger partial charge on any atom is 0.0761 e. The summed E-state index contributed by atoms with van der Waals surface area (Å²) >= 11 is 7.28. The fourth-order valence-electron chi connectivity index (χ4n) is 9.29. The van der Waals surface area contributed by atoms with Crippen LogP contribution in [0.2, 0.25) is 0 Å². The fraction of sp³-hybridized carbons (Fsp3) is 1.00. The van der Waals surface area contributed by atoms with Gasteiger partial charge in [0, 0.05) is 0 Å². The molecule has 0 radical (unpaired) electrons. The van der Waals surface area contributed by atoms with Gasteiger partial charge < -0.3 is 5.11 Å². The van der Waals surface area contributed by atoms with E-state index in [-0.39, 0.29) is 16.4 Å². The number of alkyl halides is 1. The van der Waals surface area contributed by atoms with Crippen molar-refractivity contribution in [2.75, 3.05) is 0 Å². The maximum absolute atomic E-state index is 11.3. The van der Waals surface area contributed by atoms with Gasteiger partial charge in [-0.2, -0.15) is 0 Å². The molecule has 4 rings (SSSR count). The Bertz CT molecular complexity index is 589. The summed E-state index contributed by atoms with van der Waals surface area (Å²) in [5.74, 6) is 4.82. The standard InChI is InChI=1S/C27H47ClO/c1-18(2)9-8-10-19(3)21-11-12-22-20-17-24(29)27(28)15-7-6-14-26(27,5)23(20)13-16-25(21,22)4/h18-24,29H,6-17H2,1-5H3/t19-,20+,21-,22+,23+,24-,25-,26-,27+/m1/s1. The van der Waals surface area contributed by atoms with Crippen molar-refractivity contribution >= 4 is 11.6 Å². The smallest absolute Gasteiger partial charge is 0.0761 e. The second-order valence-corrected chi connectivity index (χ2v) is 13.3. The average Bonchev–Trinajstić information content (AvgIpc) is 3.01. The molecule has 0 aromatic carbocycles. The quantitative estimate of drug-likeness (QED) is 0.447. The Morgan fingerprint density at radius 1 is 0.931 bits per heavy atom. The van der Waals surface area contributed by atoms with Crippen LogP contribution in [0.15, 0.2) is 0 Å². The van der Waals surface area contributed by atoms with Crippen LogP contribution in [-0.2, 0) is 0 Å².